The fraction of sp³-hybridized carbons (Fsp3) is 0.190. The van der Waals surface area contributed by atoms with Crippen molar-refractivity contribution in [1.82, 2.24) is 15.3 Å². The summed E-state index contributed by atoms with van der Waals surface area (Å²) in [5, 5.41) is 6.13. The summed E-state index contributed by atoms with van der Waals surface area (Å²) in [4.78, 5) is 21.2. The molecule has 2 aromatic heterocycles. The molecule has 2 heterocycles. The molecule has 3 aromatic rings. The van der Waals surface area contributed by atoms with Gasteiger partial charge in [-0.3, -0.25) is 9.78 Å². The molecule has 0 atom stereocenters. The number of nitrogens with zero attached hydrogens (tertiary/aromatic N) is 2. The molecule has 0 saturated heterocycles. The number of ether oxygens (including phenoxy) is 1. The molecule has 0 fully saturated rings. The lowest BCUT2D eigenvalue weighted by molar-refractivity contribution is 0.0954. The van der Waals surface area contributed by atoms with Crippen molar-refractivity contribution in [1.29, 1.82) is 0 Å². The highest BCUT2D eigenvalue weighted by atomic mass is 16.5. The maximum atomic E-state index is 12.6. The van der Waals surface area contributed by atoms with Gasteiger partial charge in [0.15, 0.2) is 0 Å². The Morgan fingerprint density at radius 2 is 1.81 bits per heavy atom. The van der Waals surface area contributed by atoms with Crippen molar-refractivity contribution in [2.24, 2.45) is 0 Å². The van der Waals surface area contributed by atoms with E-state index in [4.69, 9.17) is 4.74 Å². The lowest BCUT2D eigenvalue weighted by Gasteiger charge is -2.14. The van der Waals surface area contributed by atoms with Crippen LogP contribution in [0.25, 0.3) is 0 Å². The molecule has 3 rings (SSSR count). The van der Waals surface area contributed by atoms with E-state index in [0.29, 0.717) is 36.7 Å². The molecule has 2 N–H and O–H groups in total. The zero-order chi connectivity index (χ0) is 18.9. The fourth-order valence-electron chi connectivity index (χ4n) is 2.61. The summed E-state index contributed by atoms with van der Waals surface area (Å²) < 4.78 is 5.63. The number of hydrogen-bond acceptors (Lipinski definition) is 5. The lowest BCUT2D eigenvalue weighted by Crippen LogP contribution is -2.26. The zero-order valence-corrected chi connectivity index (χ0v) is 15.2. The molecule has 6 heteroatoms. The molecule has 0 aliphatic rings. The number of carbonyl (C=O) groups is 1. The molecule has 1 amide bonds. The monoisotopic (exact) mass is 362 g/mol. The quantitative estimate of drug-likeness (QED) is 0.640. The summed E-state index contributed by atoms with van der Waals surface area (Å²) in [5.41, 5.74) is 2.18. The van der Waals surface area contributed by atoms with Crippen LogP contribution < -0.4 is 15.4 Å². The third-order valence-electron chi connectivity index (χ3n) is 3.89. The number of aromatic nitrogens is 2. The fourth-order valence-corrected chi connectivity index (χ4v) is 2.61. The summed E-state index contributed by atoms with van der Waals surface area (Å²) in [5.74, 6) is 1.02. The van der Waals surface area contributed by atoms with Gasteiger partial charge in [-0.05, 0) is 43.3 Å². The van der Waals surface area contributed by atoms with E-state index >= 15 is 0 Å². The van der Waals surface area contributed by atoms with Gasteiger partial charge in [0.2, 0.25) is 0 Å². The average Bonchev–Trinajstić information content (AvgIpc) is 2.71. The van der Waals surface area contributed by atoms with E-state index in [2.05, 4.69) is 20.6 Å². The van der Waals surface area contributed by atoms with Crippen molar-refractivity contribution < 1.29 is 9.53 Å². The highest BCUT2D eigenvalue weighted by Crippen LogP contribution is 2.27. The second-order valence-corrected chi connectivity index (χ2v) is 5.78. The Morgan fingerprint density at radius 1 is 1.00 bits per heavy atom. The van der Waals surface area contributed by atoms with Gasteiger partial charge in [0.05, 0.1) is 17.9 Å². The summed E-state index contributed by atoms with van der Waals surface area (Å²) in [6, 6.07) is 16.8. The van der Waals surface area contributed by atoms with Crippen molar-refractivity contribution in [3.63, 3.8) is 0 Å². The van der Waals surface area contributed by atoms with Crippen LogP contribution in [0.15, 0.2) is 67.0 Å². The molecule has 0 radical (unpaired) electrons. The third-order valence-corrected chi connectivity index (χ3v) is 3.89. The molecule has 1 aromatic carbocycles. The Hall–Kier alpha value is -3.41. The van der Waals surface area contributed by atoms with Gasteiger partial charge < -0.3 is 15.4 Å². The Morgan fingerprint density at radius 3 is 2.63 bits per heavy atom. The van der Waals surface area contributed by atoms with E-state index < -0.39 is 0 Å². The molecule has 0 spiro atoms. The number of carbonyl (C=O) groups excluding carboxylic acids is 1. The van der Waals surface area contributed by atoms with Crippen LogP contribution >= 0.6 is 0 Å². The topological polar surface area (TPSA) is 76.1 Å². The smallest absolute Gasteiger partial charge is 0.255 e. The Labute approximate surface area is 158 Å². The summed E-state index contributed by atoms with van der Waals surface area (Å²) in [6.07, 6.45) is 4.06. The first-order chi connectivity index (χ1) is 13.3. The van der Waals surface area contributed by atoms with Gasteiger partial charge >= 0.3 is 0 Å². The van der Waals surface area contributed by atoms with Gasteiger partial charge in [0.25, 0.3) is 5.91 Å². The molecule has 0 aliphatic heterocycles. The number of rotatable bonds is 8. The van der Waals surface area contributed by atoms with Crippen LogP contribution in [0.1, 0.15) is 23.0 Å². The molecule has 0 bridgehead atoms. The number of hydrogen-bond donors (Lipinski definition) is 2. The molecule has 0 aliphatic carbocycles. The van der Waals surface area contributed by atoms with Crippen LogP contribution in [-0.2, 0) is 6.42 Å². The summed E-state index contributed by atoms with van der Waals surface area (Å²) in [6.45, 7) is 2.99. The molecule has 138 valence electrons. The molecule has 0 unspecified atom stereocenters. The first kappa shape index (κ1) is 18.4. The minimum Gasteiger partial charge on any atom is -0.492 e. The van der Waals surface area contributed by atoms with Crippen molar-refractivity contribution in [3.05, 3.63) is 78.2 Å². The van der Waals surface area contributed by atoms with Crippen LogP contribution in [0.4, 0.5) is 11.5 Å². The van der Waals surface area contributed by atoms with Gasteiger partial charge in [-0.15, -0.1) is 0 Å². The minimum absolute atomic E-state index is 0.185. The van der Waals surface area contributed by atoms with Crippen molar-refractivity contribution in [2.45, 2.75) is 13.3 Å². The molecule has 6 nitrogen and oxygen atoms in total. The van der Waals surface area contributed by atoms with Crippen molar-refractivity contribution in [3.8, 4) is 5.75 Å². The van der Waals surface area contributed by atoms with Gasteiger partial charge in [0, 0.05) is 31.1 Å². The predicted octanol–water partition coefficient (Wildman–Crippen LogP) is 3.59. The van der Waals surface area contributed by atoms with Crippen LogP contribution in [0.5, 0.6) is 5.75 Å². The zero-order valence-electron chi connectivity index (χ0n) is 15.2. The third kappa shape index (κ3) is 5.04. The van der Waals surface area contributed by atoms with Crippen LogP contribution in [0.3, 0.4) is 0 Å². The maximum absolute atomic E-state index is 12.6. The van der Waals surface area contributed by atoms with Gasteiger partial charge in [-0.2, -0.15) is 0 Å². The number of para-hydroxylation sites is 2. The lowest BCUT2D eigenvalue weighted by atomic mass is 10.2. The van der Waals surface area contributed by atoms with E-state index in [1.54, 1.807) is 24.5 Å². The second kappa shape index (κ2) is 9.33. The first-order valence-electron chi connectivity index (χ1n) is 8.90. The Kier molecular flexibility index (Phi) is 6.35. The number of pyridine rings is 2. The van der Waals surface area contributed by atoms with Gasteiger partial charge in [-0.1, -0.05) is 18.2 Å². The Balaban J connectivity index is 1.69. The normalized spacial score (nSPS) is 10.3. The average molecular weight is 362 g/mol. The van der Waals surface area contributed by atoms with E-state index in [9.17, 15) is 4.79 Å². The van der Waals surface area contributed by atoms with Crippen molar-refractivity contribution >= 4 is 17.4 Å². The van der Waals surface area contributed by atoms with E-state index in [1.807, 2.05) is 49.4 Å². The van der Waals surface area contributed by atoms with E-state index in [-0.39, 0.29) is 5.91 Å². The van der Waals surface area contributed by atoms with Crippen molar-refractivity contribution in [2.75, 3.05) is 18.5 Å². The number of amides is 1. The van der Waals surface area contributed by atoms with Gasteiger partial charge in [0.1, 0.15) is 11.6 Å². The predicted molar refractivity (Wildman–Crippen MR) is 105 cm³/mol. The van der Waals surface area contributed by atoms with E-state index in [1.165, 1.54) is 0 Å². The number of nitrogens with one attached hydrogen (secondary N) is 2. The standard InChI is InChI=1S/C21H22N4O2/c1-2-27-19-11-4-3-10-18(19)25-20-17(9-7-14-23-20)21(26)24-15-12-16-8-5-6-13-22-16/h3-11,13-14H,2,12,15H2,1H3,(H,23,25)(H,24,26). The van der Waals surface area contributed by atoms with Crippen LogP contribution in [0.2, 0.25) is 0 Å². The highest BCUT2D eigenvalue weighted by Gasteiger charge is 2.13. The SMILES string of the molecule is CCOc1ccccc1Nc1ncccc1C(=O)NCCc1ccccn1. The second-order valence-electron chi connectivity index (χ2n) is 5.78. The molecular weight excluding hydrogens is 340 g/mol. The van der Waals surface area contributed by atoms with Crippen LogP contribution in [0, 0.1) is 0 Å². The molecule has 0 saturated carbocycles. The van der Waals surface area contributed by atoms with Gasteiger partial charge in [-0.25, -0.2) is 4.98 Å². The van der Waals surface area contributed by atoms with E-state index in [0.717, 1.165) is 11.4 Å². The maximum Gasteiger partial charge on any atom is 0.255 e. The highest BCUT2D eigenvalue weighted by molar-refractivity contribution is 5.99. The largest absolute Gasteiger partial charge is 0.492 e. The first-order valence-corrected chi connectivity index (χ1v) is 8.90. The number of anilines is 2. The Bertz CT molecular complexity index is 884. The summed E-state index contributed by atoms with van der Waals surface area (Å²) >= 11 is 0. The molecular formula is C21H22N4O2. The molecule has 27 heavy (non-hydrogen) atoms. The number of benzene rings is 1. The minimum atomic E-state index is -0.185. The van der Waals surface area contributed by atoms with Crippen LogP contribution in [-0.4, -0.2) is 29.0 Å². The summed E-state index contributed by atoms with van der Waals surface area (Å²) in [7, 11) is 0.